The van der Waals surface area contributed by atoms with Crippen LogP contribution in [0.4, 0.5) is 13.2 Å². The van der Waals surface area contributed by atoms with E-state index in [1.165, 1.54) is 49.7 Å². The van der Waals surface area contributed by atoms with Crippen molar-refractivity contribution in [2.45, 2.75) is 12.7 Å². The Morgan fingerprint density at radius 1 is 1.11 bits per heavy atom. The summed E-state index contributed by atoms with van der Waals surface area (Å²) >= 11 is 12.2. The number of ketones is 1. The third-order valence-electron chi connectivity index (χ3n) is 5.62. The van der Waals surface area contributed by atoms with Gasteiger partial charge in [-0.1, -0.05) is 40.5 Å². The smallest absolute Gasteiger partial charge is 0.432 e. The third kappa shape index (κ3) is 4.65. The van der Waals surface area contributed by atoms with Crippen LogP contribution in [0, 0.1) is 0 Å². The van der Waals surface area contributed by atoms with Gasteiger partial charge in [0.1, 0.15) is 17.1 Å². The van der Waals surface area contributed by atoms with Crippen molar-refractivity contribution in [1.82, 2.24) is 19.7 Å². The number of alkyl halides is 3. The highest BCUT2D eigenvalue weighted by Crippen LogP contribution is 2.41. The van der Waals surface area contributed by atoms with Crippen molar-refractivity contribution < 1.29 is 27.2 Å². The van der Waals surface area contributed by atoms with Crippen LogP contribution >= 0.6 is 23.2 Å². The number of carbonyl (C=O) groups is 1. The van der Waals surface area contributed by atoms with Crippen molar-refractivity contribution in [3.05, 3.63) is 93.5 Å². The van der Waals surface area contributed by atoms with E-state index in [0.29, 0.717) is 10.6 Å². The van der Waals surface area contributed by atoms with Gasteiger partial charge in [-0.05, 0) is 48.0 Å². The lowest BCUT2D eigenvalue weighted by molar-refractivity contribution is -0.143. The molecule has 0 aliphatic rings. The van der Waals surface area contributed by atoms with Gasteiger partial charge >= 0.3 is 6.18 Å². The summed E-state index contributed by atoms with van der Waals surface area (Å²) in [6.45, 7) is -0.285. The minimum Gasteiger partial charge on any atom is -0.497 e. The molecule has 2 aromatic carbocycles. The lowest BCUT2D eigenvalue weighted by atomic mass is 10.1. The predicted molar refractivity (Wildman–Crippen MR) is 130 cm³/mol. The maximum atomic E-state index is 14.6. The standard InChI is InChI=1S/C25H15Cl2F3N4O3/c1-36-15-7-8-19-16(11-15)20(21(35)23-32-24(37-33-23)18-4-2-3-9-31-18)22(25(28,29)30)34(19)12-13-5-6-14(26)10-17(13)27/h2-11H,12H2,1H3. The molecule has 0 bridgehead atoms. The van der Waals surface area contributed by atoms with Gasteiger partial charge in [0.15, 0.2) is 0 Å². The Morgan fingerprint density at radius 2 is 1.92 bits per heavy atom. The Hall–Kier alpha value is -3.89. The molecule has 0 aliphatic carbocycles. The molecule has 3 heterocycles. The fraction of sp³-hybridized carbons (Fsp3) is 0.120. The zero-order valence-corrected chi connectivity index (χ0v) is 20.4. The molecule has 0 spiro atoms. The molecule has 7 nitrogen and oxygen atoms in total. The first kappa shape index (κ1) is 24.8. The average molecular weight is 547 g/mol. The summed E-state index contributed by atoms with van der Waals surface area (Å²) in [7, 11) is 1.37. The highest BCUT2D eigenvalue weighted by Gasteiger charge is 2.42. The molecule has 0 fully saturated rings. The van der Waals surface area contributed by atoms with E-state index in [2.05, 4.69) is 15.1 Å². The zero-order valence-electron chi connectivity index (χ0n) is 18.9. The zero-order chi connectivity index (χ0) is 26.3. The highest BCUT2D eigenvalue weighted by atomic mass is 35.5. The number of rotatable bonds is 6. The van der Waals surface area contributed by atoms with Gasteiger partial charge in [0.05, 0.1) is 12.7 Å². The molecule has 12 heteroatoms. The van der Waals surface area contributed by atoms with Gasteiger partial charge in [-0.15, -0.1) is 0 Å². The highest BCUT2D eigenvalue weighted by molar-refractivity contribution is 6.35. The van der Waals surface area contributed by atoms with Crippen LogP contribution in [-0.4, -0.2) is 32.6 Å². The number of ether oxygens (including phenoxy) is 1. The Labute approximate surface area is 217 Å². The summed E-state index contributed by atoms with van der Waals surface area (Å²) in [4.78, 5) is 21.6. The summed E-state index contributed by atoms with van der Waals surface area (Å²) in [5, 5.41) is 4.16. The van der Waals surface area contributed by atoms with E-state index in [9.17, 15) is 18.0 Å². The van der Waals surface area contributed by atoms with Gasteiger partial charge in [0, 0.05) is 33.7 Å². The van der Waals surface area contributed by atoms with Crippen LogP contribution in [0.1, 0.15) is 27.4 Å². The number of aromatic nitrogens is 4. The Balaban J connectivity index is 1.73. The largest absolute Gasteiger partial charge is 0.497 e. The molecule has 0 radical (unpaired) electrons. The van der Waals surface area contributed by atoms with Crippen LogP contribution in [0.5, 0.6) is 5.75 Å². The molecule has 0 N–H and O–H groups in total. The molecule has 37 heavy (non-hydrogen) atoms. The molecular formula is C25H15Cl2F3N4O3. The van der Waals surface area contributed by atoms with E-state index in [4.69, 9.17) is 32.5 Å². The summed E-state index contributed by atoms with van der Waals surface area (Å²) in [5.41, 5.74) is -1.04. The maximum Gasteiger partial charge on any atom is 0.432 e. The average Bonchev–Trinajstić information content (AvgIpc) is 3.49. The fourth-order valence-corrected chi connectivity index (χ4v) is 4.46. The number of carbonyl (C=O) groups excluding carboxylic acids is 1. The van der Waals surface area contributed by atoms with Gasteiger partial charge in [-0.2, -0.15) is 18.2 Å². The number of fused-ring (bicyclic) bond motifs is 1. The summed E-state index contributed by atoms with van der Waals surface area (Å²) < 4.78 is 55.1. The predicted octanol–water partition coefficient (Wildman–Crippen LogP) is 6.70. The SMILES string of the molecule is COc1ccc2c(c1)c(C(=O)c1noc(-c3ccccn3)n1)c(C(F)(F)F)n2Cc1ccc(Cl)cc1Cl. The molecule has 3 aromatic heterocycles. The fourth-order valence-electron chi connectivity index (χ4n) is 3.99. The van der Waals surface area contributed by atoms with Gasteiger partial charge < -0.3 is 13.8 Å². The number of nitrogens with zero attached hydrogens (tertiary/aromatic N) is 4. The molecule has 188 valence electrons. The van der Waals surface area contributed by atoms with Crippen LogP contribution in [-0.2, 0) is 12.7 Å². The number of methoxy groups -OCH3 is 1. The van der Waals surface area contributed by atoms with Gasteiger partial charge in [0.25, 0.3) is 5.89 Å². The van der Waals surface area contributed by atoms with Crippen LogP contribution in [0.15, 0.2) is 65.3 Å². The Morgan fingerprint density at radius 3 is 2.59 bits per heavy atom. The van der Waals surface area contributed by atoms with Crippen LogP contribution in [0.25, 0.3) is 22.5 Å². The molecule has 5 aromatic rings. The molecule has 0 amide bonds. The maximum absolute atomic E-state index is 14.6. The van der Waals surface area contributed by atoms with Crippen molar-refractivity contribution >= 4 is 39.9 Å². The number of pyridine rings is 1. The van der Waals surface area contributed by atoms with Gasteiger partial charge in [-0.25, -0.2) is 0 Å². The third-order valence-corrected chi connectivity index (χ3v) is 6.21. The molecule has 0 atom stereocenters. The molecule has 0 saturated carbocycles. The first-order chi connectivity index (χ1) is 17.7. The quantitative estimate of drug-likeness (QED) is 0.220. The molecular weight excluding hydrogens is 532 g/mol. The van der Waals surface area contributed by atoms with Crippen LogP contribution < -0.4 is 4.74 Å². The first-order valence-corrected chi connectivity index (χ1v) is 11.4. The molecule has 5 rings (SSSR count). The van der Waals surface area contributed by atoms with E-state index in [1.807, 2.05) is 0 Å². The summed E-state index contributed by atoms with van der Waals surface area (Å²) in [6, 6.07) is 13.7. The molecule has 0 aliphatic heterocycles. The second-order valence-corrected chi connectivity index (χ2v) is 8.74. The topological polar surface area (TPSA) is 83.0 Å². The van der Waals surface area contributed by atoms with Crippen molar-refractivity contribution in [2.75, 3.05) is 7.11 Å². The minimum absolute atomic E-state index is 0.00551. The summed E-state index contributed by atoms with van der Waals surface area (Å²) in [5.74, 6) is -1.46. The van der Waals surface area contributed by atoms with Gasteiger partial charge in [-0.3, -0.25) is 9.78 Å². The second-order valence-electron chi connectivity index (χ2n) is 7.89. The number of benzene rings is 2. The first-order valence-electron chi connectivity index (χ1n) is 10.7. The summed E-state index contributed by atoms with van der Waals surface area (Å²) in [6.07, 6.45) is -3.45. The van der Waals surface area contributed by atoms with E-state index < -0.39 is 29.0 Å². The normalized spacial score (nSPS) is 11.7. The Kier molecular flexibility index (Phi) is 6.38. The van der Waals surface area contributed by atoms with E-state index in [1.54, 1.807) is 18.2 Å². The van der Waals surface area contributed by atoms with Crippen LogP contribution in [0.2, 0.25) is 10.0 Å². The van der Waals surface area contributed by atoms with Crippen molar-refractivity contribution in [1.29, 1.82) is 0 Å². The van der Waals surface area contributed by atoms with Crippen molar-refractivity contribution in [3.8, 4) is 17.3 Å². The van der Waals surface area contributed by atoms with Crippen molar-refractivity contribution in [2.24, 2.45) is 0 Å². The van der Waals surface area contributed by atoms with E-state index >= 15 is 0 Å². The number of hydrogen-bond donors (Lipinski definition) is 0. The van der Waals surface area contributed by atoms with Crippen molar-refractivity contribution in [3.63, 3.8) is 0 Å². The Bertz CT molecular complexity index is 1630. The number of halogens is 5. The van der Waals surface area contributed by atoms with E-state index in [-0.39, 0.29) is 39.8 Å². The second kappa shape index (κ2) is 9.53. The van der Waals surface area contributed by atoms with Crippen LogP contribution in [0.3, 0.4) is 0 Å². The lowest BCUT2D eigenvalue weighted by Gasteiger charge is -2.15. The molecule has 0 saturated heterocycles. The monoisotopic (exact) mass is 546 g/mol. The van der Waals surface area contributed by atoms with Gasteiger partial charge in [0.2, 0.25) is 11.6 Å². The van der Waals surface area contributed by atoms with E-state index in [0.717, 1.165) is 4.57 Å². The minimum atomic E-state index is -4.93. The number of hydrogen-bond acceptors (Lipinski definition) is 6. The lowest BCUT2D eigenvalue weighted by Crippen LogP contribution is -2.19. The molecule has 0 unspecified atom stereocenters.